The Morgan fingerprint density at radius 2 is 1.28 bits per heavy atom. The van der Waals surface area contributed by atoms with Crippen LogP contribution < -0.4 is 21.5 Å². The van der Waals surface area contributed by atoms with Crippen LogP contribution in [0.4, 0.5) is 21.9 Å². The lowest BCUT2D eigenvalue weighted by atomic mass is 10.1. The largest absolute Gasteiger partial charge is 0.323 e. The molecule has 32 heavy (non-hydrogen) atoms. The van der Waals surface area contributed by atoms with Crippen molar-refractivity contribution in [2.45, 2.75) is 13.5 Å². The minimum absolute atomic E-state index is 0.173. The van der Waals surface area contributed by atoms with Gasteiger partial charge in [-0.15, -0.1) is 0 Å². The van der Waals surface area contributed by atoms with E-state index in [1.807, 2.05) is 18.2 Å². The van der Waals surface area contributed by atoms with Crippen LogP contribution in [0.15, 0.2) is 83.7 Å². The van der Waals surface area contributed by atoms with Gasteiger partial charge in [-0.3, -0.25) is 9.59 Å². The van der Waals surface area contributed by atoms with Gasteiger partial charge in [-0.2, -0.15) is 5.10 Å². The molecule has 4 rings (SSSR count). The van der Waals surface area contributed by atoms with Crippen LogP contribution in [-0.2, 0) is 6.54 Å². The van der Waals surface area contributed by atoms with Crippen molar-refractivity contribution in [3.8, 4) is 0 Å². The Hall–Kier alpha value is -4.46. The van der Waals surface area contributed by atoms with E-state index in [1.54, 1.807) is 67.6 Å². The van der Waals surface area contributed by atoms with Crippen LogP contribution in [0.2, 0.25) is 0 Å². The van der Waals surface area contributed by atoms with Crippen LogP contribution in [0.25, 0.3) is 10.8 Å². The maximum absolute atomic E-state index is 12.9. The molecule has 0 fully saturated rings. The monoisotopic (exact) mass is 427 g/mol. The Morgan fingerprint density at radius 1 is 0.750 bits per heavy atom. The summed E-state index contributed by atoms with van der Waals surface area (Å²) in [5.74, 6) is -0.425. The number of aryl methyl sites for hydroxylation is 1. The van der Waals surface area contributed by atoms with E-state index in [9.17, 15) is 14.4 Å². The highest BCUT2D eigenvalue weighted by Crippen LogP contribution is 2.18. The van der Waals surface area contributed by atoms with Gasteiger partial charge < -0.3 is 16.0 Å². The van der Waals surface area contributed by atoms with Crippen molar-refractivity contribution in [3.63, 3.8) is 0 Å². The van der Waals surface area contributed by atoms with Crippen LogP contribution in [0, 0.1) is 0 Å². The average Bonchev–Trinajstić information content (AvgIpc) is 2.81. The lowest BCUT2D eigenvalue weighted by molar-refractivity contribution is 0.102. The Morgan fingerprint density at radius 3 is 1.91 bits per heavy atom. The van der Waals surface area contributed by atoms with E-state index >= 15 is 0 Å². The van der Waals surface area contributed by atoms with Gasteiger partial charge in [0, 0.05) is 29.0 Å². The SMILES string of the molecule is CCn1nc(C(=O)Nc2ccc(NC(=O)Nc3ccccc3)cc2)c2ccccc2c1=O. The van der Waals surface area contributed by atoms with E-state index in [-0.39, 0.29) is 17.3 Å². The number of urea groups is 1. The number of para-hydroxylation sites is 1. The molecular weight excluding hydrogens is 406 g/mol. The summed E-state index contributed by atoms with van der Waals surface area (Å²) < 4.78 is 1.27. The molecule has 3 N–H and O–H groups in total. The zero-order valence-corrected chi connectivity index (χ0v) is 17.3. The molecule has 0 atom stereocenters. The molecule has 4 aromatic rings. The first-order chi connectivity index (χ1) is 15.5. The van der Waals surface area contributed by atoms with Gasteiger partial charge in [0.25, 0.3) is 11.5 Å². The first-order valence-corrected chi connectivity index (χ1v) is 10.1. The van der Waals surface area contributed by atoms with Crippen molar-refractivity contribution in [1.29, 1.82) is 0 Å². The molecule has 0 spiro atoms. The van der Waals surface area contributed by atoms with E-state index < -0.39 is 5.91 Å². The highest BCUT2D eigenvalue weighted by molar-refractivity contribution is 6.11. The maximum Gasteiger partial charge on any atom is 0.323 e. The summed E-state index contributed by atoms with van der Waals surface area (Å²) in [6, 6.07) is 22.4. The standard InChI is InChI=1S/C24H21N5O3/c1-2-29-23(31)20-11-7-6-10-19(20)21(28-29)22(30)25-17-12-14-18(15-13-17)27-24(32)26-16-8-4-3-5-9-16/h3-15H,2H2,1H3,(H,25,30)(H2,26,27,32). The molecule has 8 heteroatoms. The fourth-order valence-electron chi connectivity index (χ4n) is 3.26. The fraction of sp³-hybridized carbons (Fsp3) is 0.0833. The van der Waals surface area contributed by atoms with Gasteiger partial charge in [0.1, 0.15) is 0 Å². The predicted octanol–water partition coefficient (Wildman–Crippen LogP) is 4.31. The number of carbonyl (C=O) groups is 2. The summed E-state index contributed by atoms with van der Waals surface area (Å²) in [5, 5.41) is 13.4. The smallest absolute Gasteiger partial charge is 0.321 e. The van der Waals surface area contributed by atoms with Crippen molar-refractivity contribution >= 4 is 39.8 Å². The number of benzene rings is 3. The first-order valence-electron chi connectivity index (χ1n) is 10.1. The second-order valence-electron chi connectivity index (χ2n) is 6.99. The zero-order chi connectivity index (χ0) is 22.5. The third kappa shape index (κ3) is 4.49. The van der Waals surface area contributed by atoms with Crippen LogP contribution in [0.3, 0.4) is 0 Å². The molecule has 160 valence electrons. The highest BCUT2D eigenvalue weighted by Gasteiger charge is 2.16. The second-order valence-corrected chi connectivity index (χ2v) is 6.99. The molecule has 0 aliphatic carbocycles. The van der Waals surface area contributed by atoms with Crippen molar-refractivity contribution < 1.29 is 9.59 Å². The summed E-state index contributed by atoms with van der Waals surface area (Å²) >= 11 is 0. The number of hydrogen-bond acceptors (Lipinski definition) is 4. The molecule has 8 nitrogen and oxygen atoms in total. The second kappa shape index (κ2) is 9.13. The van der Waals surface area contributed by atoms with Gasteiger partial charge in [-0.1, -0.05) is 36.4 Å². The van der Waals surface area contributed by atoms with Crippen LogP contribution >= 0.6 is 0 Å². The topological polar surface area (TPSA) is 105 Å². The lowest BCUT2D eigenvalue weighted by Gasteiger charge is -2.11. The van der Waals surface area contributed by atoms with Crippen molar-refractivity contribution in [3.05, 3.63) is 94.9 Å². The predicted molar refractivity (Wildman–Crippen MR) is 125 cm³/mol. The zero-order valence-electron chi connectivity index (χ0n) is 17.3. The molecule has 0 bridgehead atoms. The van der Waals surface area contributed by atoms with E-state index in [2.05, 4.69) is 21.0 Å². The number of nitrogens with zero attached hydrogens (tertiary/aromatic N) is 2. The summed E-state index contributed by atoms with van der Waals surface area (Å²) in [4.78, 5) is 37.5. The molecule has 0 aliphatic rings. The Bertz CT molecular complexity index is 1330. The molecule has 0 radical (unpaired) electrons. The van der Waals surface area contributed by atoms with Crippen LogP contribution in [0.5, 0.6) is 0 Å². The summed E-state index contributed by atoms with van der Waals surface area (Å²) in [7, 11) is 0. The third-order valence-electron chi connectivity index (χ3n) is 4.81. The van der Waals surface area contributed by atoms with Crippen LogP contribution in [0.1, 0.15) is 17.4 Å². The summed E-state index contributed by atoms with van der Waals surface area (Å²) in [5.41, 5.74) is 1.72. The molecule has 3 amide bonds. The van der Waals surface area contributed by atoms with Gasteiger partial charge in [0.05, 0.1) is 5.39 Å². The third-order valence-corrected chi connectivity index (χ3v) is 4.81. The fourth-order valence-corrected chi connectivity index (χ4v) is 3.26. The summed E-state index contributed by atoms with van der Waals surface area (Å²) in [6.07, 6.45) is 0. The van der Waals surface area contributed by atoms with E-state index in [0.717, 1.165) is 0 Å². The average molecular weight is 427 g/mol. The number of anilines is 3. The van der Waals surface area contributed by atoms with E-state index in [0.29, 0.717) is 34.4 Å². The van der Waals surface area contributed by atoms with Crippen molar-refractivity contribution in [2.24, 2.45) is 0 Å². The Labute approximate surface area is 183 Å². The quantitative estimate of drug-likeness (QED) is 0.441. The summed E-state index contributed by atoms with van der Waals surface area (Å²) in [6.45, 7) is 2.15. The Balaban J connectivity index is 1.48. The minimum Gasteiger partial charge on any atom is -0.321 e. The van der Waals surface area contributed by atoms with Crippen LogP contribution in [-0.4, -0.2) is 21.7 Å². The van der Waals surface area contributed by atoms with Gasteiger partial charge in [-0.05, 0) is 49.4 Å². The van der Waals surface area contributed by atoms with Crippen molar-refractivity contribution in [1.82, 2.24) is 9.78 Å². The van der Waals surface area contributed by atoms with Gasteiger partial charge in [0.2, 0.25) is 0 Å². The molecule has 0 unspecified atom stereocenters. The van der Waals surface area contributed by atoms with Gasteiger partial charge in [-0.25, -0.2) is 9.48 Å². The van der Waals surface area contributed by atoms with Crippen molar-refractivity contribution in [2.75, 3.05) is 16.0 Å². The first kappa shape index (κ1) is 20.8. The molecule has 1 heterocycles. The molecule has 3 aromatic carbocycles. The molecule has 0 aliphatic heterocycles. The molecule has 1 aromatic heterocycles. The van der Waals surface area contributed by atoms with Gasteiger partial charge in [0.15, 0.2) is 5.69 Å². The lowest BCUT2D eigenvalue weighted by Crippen LogP contribution is -2.27. The number of rotatable bonds is 5. The Kier molecular flexibility index (Phi) is 5.94. The molecular formula is C24H21N5O3. The number of nitrogens with one attached hydrogen (secondary N) is 3. The number of carbonyl (C=O) groups excluding carboxylic acids is 2. The van der Waals surface area contributed by atoms with E-state index in [1.165, 1.54) is 4.68 Å². The minimum atomic E-state index is -0.425. The highest BCUT2D eigenvalue weighted by atomic mass is 16.2. The van der Waals surface area contributed by atoms with E-state index in [4.69, 9.17) is 0 Å². The number of amides is 3. The normalized spacial score (nSPS) is 10.5. The molecule has 0 saturated carbocycles. The maximum atomic E-state index is 12.9. The number of fused-ring (bicyclic) bond motifs is 1. The number of hydrogen-bond donors (Lipinski definition) is 3. The molecule has 0 saturated heterocycles. The van der Waals surface area contributed by atoms with Gasteiger partial charge >= 0.3 is 6.03 Å². The number of aromatic nitrogens is 2.